The maximum Gasteiger partial charge on any atom is 0.0933 e. The van der Waals surface area contributed by atoms with Crippen LogP contribution in [0, 0.1) is 0 Å². The largest absolute Gasteiger partial charge is 0.212 e. The van der Waals surface area contributed by atoms with Gasteiger partial charge in [-0.1, -0.05) is 104 Å². The number of hydrogen-bond donors (Lipinski definition) is 0. The fourth-order valence-electron chi connectivity index (χ4n) is 3.29. The van der Waals surface area contributed by atoms with Crippen molar-refractivity contribution >= 4 is 32.2 Å². The summed E-state index contributed by atoms with van der Waals surface area (Å²) >= 11 is 1.11. The predicted octanol–water partition coefficient (Wildman–Crippen LogP) is 6.82. The fourth-order valence-corrected chi connectivity index (χ4v) is 4.34. The average molecular weight is 403 g/mol. The molecule has 0 aliphatic carbocycles. The molecule has 0 saturated heterocycles. The second-order valence-electron chi connectivity index (χ2n) is 7.46. The van der Waals surface area contributed by atoms with Crippen LogP contribution in [0.2, 0.25) is 0 Å². The van der Waals surface area contributed by atoms with E-state index in [1.807, 2.05) is 0 Å². The van der Waals surface area contributed by atoms with Gasteiger partial charge in [0.1, 0.15) is 0 Å². The van der Waals surface area contributed by atoms with Crippen LogP contribution in [0.3, 0.4) is 0 Å². The fraction of sp³-hybridized carbons (Fsp3) is 0.909. The second kappa shape index (κ2) is 21.1. The van der Waals surface area contributed by atoms with Gasteiger partial charge < -0.3 is 0 Å². The highest BCUT2D eigenvalue weighted by molar-refractivity contribution is 7.76. The second-order valence-corrected chi connectivity index (χ2v) is 8.78. The Labute approximate surface area is 170 Å². The van der Waals surface area contributed by atoms with Crippen LogP contribution in [-0.2, 0) is 22.5 Å². The standard InChI is InChI=1S/C22H42O2S2/c1-3-5-7-9-10-11-12-13-14-15-16-18-20-22(26-24)21(25-23)19-17-8-6-4-2/h3-20H2,1-2H3. The van der Waals surface area contributed by atoms with E-state index in [1.165, 1.54) is 83.5 Å². The van der Waals surface area contributed by atoms with Crippen molar-refractivity contribution in [2.45, 2.75) is 129 Å². The van der Waals surface area contributed by atoms with Crippen LogP contribution in [-0.4, -0.2) is 18.1 Å². The highest BCUT2D eigenvalue weighted by Crippen LogP contribution is 2.13. The van der Waals surface area contributed by atoms with Crippen molar-refractivity contribution in [3.63, 3.8) is 0 Å². The summed E-state index contributed by atoms with van der Waals surface area (Å²) in [5, 5.41) is 0. The summed E-state index contributed by atoms with van der Waals surface area (Å²) in [6.45, 7) is 4.45. The molecule has 0 aromatic carbocycles. The molecular formula is C22H42O2S2. The monoisotopic (exact) mass is 402 g/mol. The van der Waals surface area contributed by atoms with Crippen molar-refractivity contribution in [2.75, 3.05) is 0 Å². The van der Waals surface area contributed by atoms with E-state index in [0.717, 1.165) is 41.8 Å². The molecule has 0 amide bonds. The van der Waals surface area contributed by atoms with Crippen molar-refractivity contribution < 1.29 is 8.42 Å². The van der Waals surface area contributed by atoms with E-state index < -0.39 is 0 Å². The Hall–Kier alpha value is -0.220. The molecule has 0 bridgehead atoms. The molecule has 0 heterocycles. The molecule has 0 aromatic heterocycles. The van der Waals surface area contributed by atoms with Gasteiger partial charge in [0, 0.05) is 0 Å². The molecule has 0 N–H and O–H groups in total. The molecule has 0 fully saturated rings. The molecule has 0 unspecified atom stereocenters. The van der Waals surface area contributed by atoms with Crippen LogP contribution in [0.1, 0.15) is 129 Å². The predicted molar refractivity (Wildman–Crippen MR) is 121 cm³/mol. The zero-order valence-electron chi connectivity index (χ0n) is 17.4. The van der Waals surface area contributed by atoms with Gasteiger partial charge in [0.25, 0.3) is 0 Å². The molecule has 0 aliphatic heterocycles. The number of rotatable bonds is 19. The molecule has 0 rings (SSSR count). The molecule has 4 heteroatoms. The molecule has 0 aromatic rings. The van der Waals surface area contributed by atoms with E-state index in [9.17, 15) is 8.42 Å². The van der Waals surface area contributed by atoms with E-state index in [1.54, 1.807) is 0 Å². The first-order chi connectivity index (χ1) is 12.8. The molecule has 0 aliphatic rings. The summed E-state index contributed by atoms with van der Waals surface area (Å²) in [5.74, 6) is 0. The van der Waals surface area contributed by atoms with Crippen LogP contribution < -0.4 is 0 Å². The van der Waals surface area contributed by atoms with Gasteiger partial charge in [-0.15, -0.1) is 0 Å². The topological polar surface area (TPSA) is 34.1 Å². The molecule has 26 heavy (non-hydrogen) atoms. The molecule has 0 atom stereocenters. The minimum Gasteiger partial charge on any atom is -0.212 e. The summed E-state index contributed by atoms with van der Waals surface area (Å²) in [5.41, 5.74) is 0. The third kappa shape index (κ3) is 16.0. The van der Waals surface area contributed by atoms with Crippen molar-refractivity contribution in [1.29, 1.82) is 0 Å². The van der Waals surface area contributed by atoms with Gasteiger partial charge >= 0.3 is 0 Å². The van der Waals surface area contributed by atoms with Crippen molar-refractivity contribution in [3.05, 3.63) is 0 Å². The van der Waals surface area contributed by atoms with Crippen molar-refractivity contribution in [3.8, 4) is 0 Å². The molecule has 154 valence electrons. The van der Waals surface area contributed by atoms with Gasteiger partial charge in [-0.05, 0) is 25.7 Å². The number of unbranched alkanes of at least 4 members (excludes halogenated alkanes) is 14. The lowest BCUT2D eigenvalue weighted by molar-refractivity contribution is 0.546. The molecule has 0 saturated carbocycles. The smallest absolute Gasteiger partial charge is 0.0933 e. The van der Waals surface area contributed by atoms with Crippen LogP contribution in [0.5, 0.6) is 0 Å². The summed E-state index contributed by atoms with van der Waals surface area (Å²) in [6.07, 6.45) is 22.1. The Bertz CT molecular complexity index is 422. The molecule has 0 radical (unpaired) electrons. The minimum absolute atomic E-state index is 0.554. The summed E-state index contributed by atoms with van der Waals surface area (Å²) in [7, 11) is 0. The van der Waals surface area contributed by atoms with Crippen molar-refractivity contribution in [2.24, 2.45) is 0 Å². The highest BCUT2D eigenvalue weighted by Gasteiger charge is 2.08. The first-order valence-corrected chi connectivity index (χ1v) is 12.6. The van der Waals surface area contributed by atoms with E-state index in [2.05, 4.69) is 13.8 Å². The third-order valence-electron chi connectivity index (χ3n) is 5.03. The maximum atomic E-state index is 11.4. The Kier molecular flexibility index (Phi) is 20.9. The van der Waals surface area contributed by atoms with E-state index in [0.29, 0.717) is 22.5 Å². The quantitative estimate of drug-likeness (QED) is 0.175. The van der Waals surface area contributed by atoms with Gasteiger partial charge in [0.15, 0.2) is 0 Å². The van der Waals surface area contributed by atoms with Crippen LogP contribution >= 0.6 is 0 Å². The van der Waals surface area contributed by atoms with E-state index in [-0.39, 0.29) is 0 Å². The SMILES string of the molecule is CCCCCCCCCCCCCCC(=S=O)C(CCCCCC)=S=O. The Balaban J connectivity index is 3.65. The van der Waals surface area contributed by atoms with Crippen LogP contribution in [0.15, 0.2) is 0 Å². The van der Waals surface area contributed by atoms with Crippen molar-refractivity contribution in [1.82, 2.24) is 0 Å². The van der Waals surface area contributed by atoms with Gasteiger partial charge in [0.05, 0.1) is 32.2 Å². The van der Waals surface area contributed by atoms with Gasteiger partial charge in [0.2, 0.25) is 0 Å². The lowest BCUT2D eigenvalue weighted by Crippen LogP contribution is -2.14. The molecule has 0 spiro atoms. The zero-order chi connectivity index (χ0) is 19.3. The zero-order valence-corrected chi connectivity index (χ0v) is 19.0. The summed E-state index contributed by atoms with van der Waals surface area (Å²) in [4.78, 5) is 1.62. The van der Waals surface area contributed by atoms with Gasteiger partial charge in [-0.3, -0.25) is 0 Å². The van der Waals surface area contributed by atoms with Crippen LogP contribution in [0.4, 0.5) is 0 Å². The lowest BCUT2D eigenvalue weighted by Gasteiger charge is -2.06. The third-order valence-corrected chi connectivity index (χ3v) is 6.46. The Morgan fingerprint density at radius 3 is 1.04 bits per heavy atom. The van der Waals surface area contributed by atoms with E-state index in [4.69, 9.17) is 0 Å². The Morgan fingerprint density at radius 1 is 0.462 bits per heavy atom. The average Bonchev–Trinajstić information content (AvgIpc) is 2.66. The Morgan fingerprint density at radius 2 is 0.731 bits per heavy atom. The normalized spacial score (nSPS) is 10.7. The summed E-state index contributed by atoms with van der Waals surface area (Å²) < 4.78 is 22.7. The lowest BCUT2D eigenvalue weighted by atomic mass is 10.0. The van der Waals surface area contributed by atoms with E-state index >= 15 is 0 Å². The molecular weight excluding hydrogens is 360 g/mol. The summed E-state index contributed by atoms with van der Waals surface area (Å²) in [6, 6.07) is 0. The first kappa shape index (κ1) is 25.8. The molecule has 2 nitrogen and oxygen atoms in total. The minimum atomic E-state index is 0.554. The number of hydrogen-bond acceptors (Lipinski definition) is 2. The van der Waals surface area contributed by atoms with Crippen LogP contribution in [0.25, 0.3) is 0 Å². The van der Waals surface area contributed by atoms with Gasteiger partial charge in [-0.2, -0.15) is 0 Å². The maximum absolute atomic E-state index is 11.4. The first-order valence-electron chi connectivity index (χ1n) is 11.1. The highest BCUT2D eigenvalue weighted by atomic mass is 32.1. The van der Waals surface area contributed by atoms with Gasteiger partial charge in [-0.25, -0.2) is 8.42 Å².